The molecule has 2 atom stereocenters. The topological polar surface area (TPSA) is 92.8 Å². The van der Waals surface area contributed by atoms with Gasteiger partial charge in [-0.1, -0.05) is 32.0 Å². The second-order valence-corrected chi connectivity index (χ2v) is 10.4. The van der Waals surface area contributed by atoms with Crippen LogP contribution in [0.4, 0.5) is 8.78 Å². The van der Waals surface area contributed by atoms with Crippen molar-refractivity contribution >= 4 is 21.7 Å². The molecule has 7 nitrogen and oxygen atoms in total. The van der Waals surface area contributed by atoms with Gasteiger partial charge in [0.25, 0.3) is 0 Å². The Hall–Kier alpha value is -2.85. The van der Waals surface area contributed by atoms with Gasteiger partial charge in [-0.25, -0.2) is 17.2 Å². The Morgan fingerprint density at radius 3 is 2.45 bits per heavy atom. The van der Waals surface area contributed by atoms with E-state index >= 15 is 0 Å². The molecular weight excluding hydrogens is 454 g/mol. The van der Waals surface area contributed by atoms with Crippen LogP contribution in [-0.2, 0) is 14.8 Å². The van der Waals surface area contributed by atoms with Gasteiger partial charge in [0.05, 0.1) is 18.5 Å². The van der Waals surface area contributed by atoms with Gasteiger partial charge in [0.2, 0.25) is 15.9 Å². The quantitative estimate of drug-likeness (QED) is 0.714. The number of sulfonamides is 1. The van der Waals surface area contributed by atoms with Crippen molar-refractivity contribution < 1.29 is 31.5 Å². The summed E-state index contributed by atoms with van der Waals surface area (Å²) in [5.74, 6) is -3.16. The van der Waals surface area contributed by atoms with Crippen LogP contribution in [-0.4, -0.2) is 49.7 Å². The number of para-hydroxylation sites is 1. The Balaban J connectivity index is 1.55. The lowest BCUT2D eigenvalue weighted by Gasteiger charge is -2.35. The minimum atomic E-state index is -4.66. The lowest BCUT2D eigenvalue weighted by molar-refractivity contribution is -0.133. The Kier molecular flexibility index (Phi) is 6.00. The van der Waals surface area contributed by atoms with Gasteiger partial charge in [0, 0.05) is 13.0 Å². The van der Waals surface area contributed by atoms with Gasteiger partial charge in [-0.3, -0.25) is 9.59 Å². The number of likely N-dealkylation sites (tertiary alicyclic amines) is 1. The maximum atomic E-state index is 14.1. The fraction of sp³-hybridized carbons (Fsp3) is 0.391. The first kappa shape index (κ1) is 23.3. The molecule has 2 aromatic rings. The fourth-order valence-corrected chi connectivity index (χ4v) is 5.81. The Morgan fingerprint density at radius 2 is 1.79 bits per heavy atom. The predicted molar refractivity (Wildman–Crippen MR) is 115 cm³/mol. The summed E-state index contributed by atoms with van der Waals surface area (Å²) < 4.78 is 62.0. The first-order valence-corrected chi connectivity index (χ1v) is 12.1. The van der Waals surface area contributed by atoms with Crippen LogP contribution in [0.1, 0.15) is 37.0 Å². The molecule has 2 aromatic carbocycles. The van der Waals surface area contributed by atoms with Gasteiger partial charge >= 0.3 is 0 Å². The Morgan fingerprint density at radius 1 is 1.12 bits per heavy atom. The van der Waals surface area contributed by atoms with Gasteiger partial charge in [0.1, 0.15) is 29.0 Å². The summed E-state index contributed by atoms with van der Waals surface area (Å²) in [6.07, 6.45) is 0.505. The summed E-state index contributed by atoms with van der Waals surface area (Å²) in [6.45, 7) is 3.62. The largest absolute Gasteiger partial charge is 0.484 e. The summed E-state index contributed by atoms with van der Waals surface area (Å²) in [4.78, 5) is 26.2. The number of rotatable bonds is 5. The Bertz CT molecular complexity index is 1200. The number of halogens is 2. The standard InChI is InChI=1S/C23H24F2N2O5S/c1-14(2)20(26-33(30,31)21-16(24)7-5-8-17(21)25)22(29)27-11-10-23(13-27)12-18(28)15-6-3-4-9-19(15)32-23/h3-9,14,20,26H,10-13H2,1-2H3. The molecule has 2 aliphatic rings. The minimum absolute atomic E-state index is 0.0812. The highest BCUT2D eigenvalue weighted by atomic mass is 32.2. The number of ketones is 1. The number of nitrogens with zero attached hydrogens (tertiary/aromatic N) is 1. The van der Waals surface area contributed by atoms with Gasteiger partial charge in [-0.05, 0) is 30.2 Å². The molecule has 1 fully saturated rings. The molecule has 1 saturated heterocycles. The third kappa shape index (κ3) is 4.37. The number of hydrogen-bond donors (Lipinski definition) is 1. The molecular formula is C23H24F2N2O5S. The van der Waals surface area contributed by atoms with Crippen molar-refractivity contribution in [1.82, 2.24) is 9.62 Å². The third-order valence-electron chi connectivity index (χ3n) is 6.03. The van der Waals surface area contributed by atoms with E-state index in [9.17, 15) is 26.8 Å². The normalized spacial score (nSPS) is 21.2. The van der Waals surface area contributed by atoms with E-state index in [2.05, 4.69) is 4.72 Å². The monoisotopic (exact) mass is 478 g/mol. The third-order valence-corrected chi connectivity index (χ3v) is 7.52. The van der Waals surface area contributed by atoms with Crippen molar-refractivity contribution in [3.05, 3.63) is 59.7 Å². The molecule has 1 spiro atoms. The average molecular weight is 479 g/mol. The molecule has 4 rings (SSSR count). The van der Waals surface area contributed by atoms with E-state index in [1.54, 1.807) is 38.1 Å². The number of hydrogen-bond acceptors (Lipinski definition) is 5. The van der Waals surface area contributed by atoms with Crippen LogP contribution in [0.5, 0.6) is 5.75 Å². The van der Waals surface area contributed by atoms with E-state index in [1.165, 1.54) is 4.90 Å². The first-order chi connectivity index (χ1) is 15.5. The predicted octanol–water partition coefficient (Wildman–Crippen LogP) is 2.90. The van der Waals surface area contributed by atoms with Crippen LogP contribution in [0.15, 0.2) is 47.4 Å². The second kappa shape index (κ2) is 8.49. The van der Waals surface area contributed by atoms with Crippen molar-refractivity contribution in [1.29, 1.82) is 0 Å². The van der Waals surface area contributed by atoms with Gasteiger partial charge in [0.15, 0.2) is 10.7 Å². The number of carbonyl (C=O) groups is 2. The fourth-order valence-electron chi connectivity index (χ4n) is 4.34. The summed E-state index contributed by atoms with van der Waals surface area (Å²) in [6, 6.07) is 8.37. The summed E-state index contributed by atoms with van der Waals surface area (Å²) in [5.41, 5.74) is -0.397. The number of ether oxygens (including phenoxy) is 1. The SMILES string of the molecule is CC(C)C(NS(=O)(=O)c1c(F)cccc1F)C(=O)N1CCC2(CC(=O)c3ccccc3O2)C1. The van der Waals surface area contributed by atoms with E-state index in [1.807, 2.05) is 0 Å². The molecule has 0 bridgehead atoms. The molecule has 0 aromatic heterocycles. The van der Waals surface area contributed by atoms with E-state index in [4.69, 9.17) is 4.74 Å². The molecule has 1 N–H and O–H groups in total. The molecule has 2 heterocycles. The second-order valence-electron chi connectivity index (χ2n) is 8.78. The number of Topliss-reactive ketones (excluding diaryl/α,β-unsaturated/α-hetero) is 1. The number of fused-ring (bicyclic) bond motifs is 1. The van der Waals surface area contributed by atoms with Crippen LogP contribution in [0.3, 0.4) is 0 Å². The van der Waals surface area contributed by atoms with E-state index < -0.39 is 50.0 Å². The molecule has 2 aliphatic heterocycles. The zero-order valence-corrected chi connectivity index (χ0v) is 19.0. The number of nitrogens with one attached hydrogen (secondary N) is 1. The molecule has 0 radical (unpaired) electrons. The summed E-state index contributed by atoms with van der Waals surface area (Å²) in [5, 5.41) is 0. The maximum absolute atomic E-state index is 14.1. The zero-order valence-electron chi connectivity index (χ0n) is 18.2. The van der Waals surface area contributed by atoms with Crippen molar-refractivity contribution in [3.8, 4) is 5.75 Å². The molecule has 33 heavy (non-hydrogen) atoms. The highest BCUT2D eigenvalue weighted by Crippen LogP contribution is 2.39. The lowest BCUT2D eigenvalue weighted by Crippen LogP contribution is -2.52. The highest BCUT2D eigenvalue weighted by Gasteiger charge is 2.48. The number of carbonyl (C=O) groups excluding carboxylic acids is 2. The van der Waals surface area contributed by atoms with Crippen LogP contribution >= 0.6 is 0 Å². The number of benzene rings is 2. The van der Waals surface area contributed by atoms with Crippen LogP contribution in [0.25, 0.3) is 0 Å². The van der Waals surface area contributed by atoms with Crippen molar-refractivity contribution in [2.45, 2.75) is 43.2 Å². The van der Waals surface area contributed by atoms with Crippen LogP contribution in [0, 0.1) is 17.6 Å². The van der Waals surface area contributed by atoms with E-state index in [0.717, 1.165) is 18.2 Å². The Labute approximate surface area is 190 Å². The smallest absolute Gasteiger partial charge is 0.247 e. The first-order valence-electron chi connectivity index (χ1n) is 10.6. The van der Waals surface area contributed by atoms with Crippen molar-refractivity contribution in [2.75, 3.05) is 13.1 Å². The average Bonchev–Trinajstić information content (AvgIpc) is 3.14. The van der Waals surface area contributed by atoms with Crippen LogP contribution < -0.4 is 9.46 Å². The van der Waals surface area contributed by atoms with Crippen LogP contribution in [0.2, 0.25) is 0 Å². The zero-order chi connectivity index (χ0) is 24.0. The molecule has 0 saturated carbocycles. The summed E-state index contributed by atoms with van der Waals surface area (Å²) >= 11 is 0. The molecule has 1 amide bonds. The van der Waals surface area contributed by atoms with Crippen molar-refractivity contribution in [3.63, 3.8) is 0 Å². The van der Waals surface area contributed by atoms with Gasteiger partial charge < -0.3 is 9.64 Å². The van der Waals surface area contributed by atoms with Gasteiger partial charge in [-0.2, -0.15) is 4.72 Å². The number of amides is 1. The summed E-state index contributed by atoms with van der Waals surface area (Å²) in [7, 11) is -4.66. The molecule has 10 heteroatoms. The van der Waals surface area contributed by atoms with Crippen molar-refractivity contribution in [2.24, 2.45) is 5.92 Å². The molecule has 2 unspecified atom stereocenters. The van der Waals surface area contributed by atoms with Gasteiger partial charge in [-0.15, -0.1) is 0 Å². The van der Waals surface area contributed by atoms with E-state index in [-0.39, 0.29) is 25.3 Å². The lowest BCUT2D eigenvalue weighted by atomic mass is 9.89. The minimum Gasteiger partial charge on any atom is -0.484 e. The van der Waals surface area contributed by atoms with E-state index in [0.29, 0.717) is 17.7 Å². The molecule has 176 valence electrons. The molecule has 0 aliphatic carbocycles. The maximum Gasteiger partial charge on any atom is 0.247 e. The highest BCUT2D eigenvalue weighted by molar-refractivity contribution is 7.89.